The van der Waals surface area contributed by atoms with Crippen LogP contribution in [0.3, 0.4) is 0 Å². The molecular weight excluding hydrogens is 322 g/mol. The maximum atomic E-state index is 13.5. The minimum absolute atomic E-state index is 0.104. The van der Waals surface area contributed by atoms with Gasteiger partial charge in [-0.15, -0.1) is 0 Å². The molecule has 25 heavy (non-hydrogen) atoms. The molecule has 136 valence electrons. The molecule has 0 bridgehead atoms. The Morgan fingerprint density at radius 3 is 2.76 bits per heavy atom. The molecular formula is C21H26F2O2. The Hall–Kier alpha value is -1.42. The normalized spacial score (nSPS) is 39.2. The van der Waals surface area contributed by atoms with E-state index < -0.39 is 11.5 Å². The second kappa shape index (κ2) is 5.80. The first-order valence-electron chi connectivity index (χ1n) is 9.29. The Bertz CT molecular complexity index is 712. The fraction of sp³-hybridized carbons (Fsp3) is 0.619. The smallest absolute Gasteiger partial charge is 0.266 e. The average molecular weight is 348 g/mol. The molecule has 4 heteroatoms. The predicted octanol–water partition coefficient (Wildman–Crippen LogP) is 5.06. The lowest BCUT2D eigenvalue weighted by atomic mass is 9.47. The number of fused-ring (bicyclic) bond motifs is 5. The lowest BCUT2D eigenvalue weighted by molar-refractivity contribution is -0.0543. The third-order valence-electron chi connectivity index (χ3n) is 7.49. The summed E-state index contributed by atoms with van der Waals surface area (Å²) < 4.78 is 32.4. The van der Waals surface area contributed by atoms with Crippen molar-refractivity contribution in [2.45, 2.75) is 57.5 Å². The molecule has 1 aromatic rings. The summed E-state index contributed by atoms with van der Waals surface area (Å²) in [5.74, 6) is 1.05. The highest BCUT2D eigenvalue weighted by Crippen LogP contribution is 2.67. The van der Waals surface area contributed by atoms with Gasteiger partial charge in [-0.2, -0.15) is 8.78 Å². The van der Waals surface area contributed by atoms with Crippen LogP contribution in [0.15, 0.2) is 30.4 Å². The molecule has 0 saturated heterocycles. The molecule has 0 aromatic heterocycles. The SMILES string of the molecule is COc1ccc2c(c1)CC[C@]1(C=C(F)F)C2CC[C@@]2(C)C1CC[C@@H]2O. The van der Waals surface area contributed by atoms with Crippen LogP contribution in [0.5, 0.6) is 5.75 Å². The van der Waals surface area contributed by atoms with Crippen molar-refractivity contribution < 1.29 is 18.6 Å². The van der Waals surface area contributed by atoms with Gasteiger partial charge in [0.05, 0.1) is 13.2 Å². The molecule has 0 amide bonds. The number of aliphatic hydroxyl groups excluding tert-OH is 1. The van der Waals surface area contributed by atoms with E-state index in [2.05, 4.69) is 19.1 Å². The van der Waals surface area contributed by atoms with Crippen molar-refractivity contribution in [2.75, 3.05) is 7.11 Å². The zero-order chi connectivity index (χ0) is 17.8. The number of halogens is 2. The maximum Gasteiger partial charge on any atom is 0.266 e. The van der Waals surface area contributed by atoms with Crippen molar-refractivity contribution in [3.8, 4) is 5.75 Å². The third kappa shape index (κ3) is 2.37. The van der Waals surface area contributed by atoms with Crippen molar-refractivity contribution in [1.82, 2.24) is 0 Å². The zero-order valence-corrected chi connectivity index (χ0v) is 14.9. The molecule has 1 N–H and O–H groups in total. The molecule has 2 unspecified atom stereocenters. The minimum atomic E-state index is -1.58. The van der Waals surface area contributed by atoms with Gasteiger partial charge in [-0.05, 0) is 85.1 Å². The van der Waals surface area contributed by atoms with E-state index in [9.17, 15) is 13.9 Å². The lowest BCUT2D eigenvalue weighted by Gasteiger charge is -2.57. The van der Waals surface area contributed by atoms with E-state index in [1.807, 2.05) is 6.07 Å². The van der Waals surface area contributed by atoms with Gasteiger partial charge in [0.2, 0.25) is 0 Å². The number of aliphatic hydroxyl groups is 1. The molecule has 0 aliphatic heterocycles. The minimum Gasteiger partial charge on any atom is -0.497 e. The van der Waals surface area contributed by atoms with Crippen LogP contribution in [0.4, 0.5) is 8.78 Å². The quantitative estimate of drug-likeness (QED) is 0.809. The van der Waals surface area contributed by atoms with Crippen LogP contribution in [-0.4, -0.2) is 18.3 Å². The number of aryl methyl sites for hydroxylation is 1. The van der Waals surface area contributed by atoms with Gasteiger partial charge in [0.15, 0.2) is 0 Å². The van der Waals surface area contributed by atoms with Crippen LogP contribution in [0, 0.1) is 16.7 Å². The molecule has 2 nitrogen and oxygen atoms in total. The first-order valence-corrected chi connectivity index (χ1v) is 9.29. The predicted molar refractivity (Wildman–Crippen MR) is 92.9 cm³/mol. The third-order valence-corrected chi connectivity index (χ3v) is 7.49. The molecule has 3 aliphatic rings. The lowest BCUT2D eigenvalue weighted by Crippen LogP contribution is -2.50. The first kappa shape index (κ1) is 17.0. The van der Waals surface area contributed by atoms with Gasteiger partial charge in [-0.3, -0.25) is 0 Å². The fourth-order valence-electron chi connectivity index (χ4n) is 6.29. The van der Waals surface area contributed by atoms with E-state index in [1.54, 1.807) is 7.11 Å². The Balaban J connectivity index is 1.84. The summed E-state index contributed by atoms with van der Waals surface area (Å²) in [6.45, 7) is 2.11. The second-order valence-corrected chi connectivity index (χ2v) is 8.35. The molecule has 0 spiro atoms. The molecule has 1 aromatic carbocycles. The topological polar surface area (TPSA) is 29.5 Å². The number of ether oxygens (including phenoxy) is 1. The Kier molecular flexibility index (Phi) is 3.95. The number of methoxy groups -OCH3 is 1. The summed E-state index contributed by atoms with van der Waals surface area (Å²) in [7, 11) is 1.65. The molecule has 5 atom stereocenters. The van der Waals surface area contributed by atoms with Crippen LogP contribution >= 0.6 is 0 Å². The highest BCUT2D eigenvalue weighted by atomic mass is 19.3. The monoisotopic (exact) mass is 348 g/mol. The molecule has 3 aliphatic carbocycles. The number of rotatable bonds is 2. The van der Waals surface area contributed by atoms with Crippen molar-refractivity contribution >= 4 is 0 Å². The zero-order valence-electron chi connectivity index (χ0n) is 14.9. The van der Waals surface area contributed by atoms with Crippen molar-refractivity contribution in [1.29, 1.82) is 0 Å². The van der Waals surface area contributed by atoms with Gasteiger partial charge in [0.25, 0.3) is 6.08 Å². The van der Waals surface area contributed by atoms with E-state index in [-0.39, 0.29) is 23.4 Å². The maximum absolute atomic E-state index is 13.5. The molecule has 4 rings (SSSR count). The van der Waals surface area contributed by atoms with Crippen LogP contribution in [0.1, 0.15) is 56.1 Å². The van der Waals surface area contributed by atoms with Gasteiger partial charge in [-0.25, -0.2) is 0 Å². The Morgan fingerprint density at radius 2 is 2.04 bits per heavy atom. The van der Waals surface area contributed by atoms with Crippen LogP contribution in [0.2, 0.25) is 0 Å². The first-order chi connectivity index (χ1) is 11.9. The summed E-state index contributed by atoms with van der Waals surface area (Å²) in [5, 5.41) is 10.6. The number of benzene rings is 1. The molecule has 2 saturated carbocycles. The van der Waals surface area contributed by atoms with Crippen LogP contribution in [-0.2, 0) is 6.42 Å². The van der Waals surface area contributed by atoms with E-state index in [0.29, 0.717) is 0 Å². The van der Waals surface area contributed by atoms with Gasteiger partial charge >= 0.3 is 0 Å². The number of hydrogen-bond acceptors (Lipinski definition) is 2. The van der Waals surface area contributed by atoms with Crippen LogP contribution < -0.4 is 4.74 Å². The second-order valence-electron chi connectivity index (χ2n) is 8.35. The van der Waals surface area contributed by atoms with Gasteiger partial charge in [0, 0.05) is 5.41 Å². The van der Waals surface area contributed by atoms with E-state index >= 15 is 0 Å². The standard InChI is InChI=1S/C21H26F2O2/c1-20-9-8-16-15-4-3-14(25-2)11-13(15)7-10-21(16,12-19(22)23)17(20)5-6-18(20)24/h3-4,11-12,16-18,24H,5-10H2,1-2H3/t16?,17?,18-,20-,21-/m0/s1. The molecule has 0 radical (unpaired) electrons. The number of allylic oxidation sites excluding steroid dienone is 1. The largest absolute Gasteiger partial charge is 0.497 e. The van der Waals surface area contributed by atoms with Crippen LogP contribution in [0.25, 0.3) is 0 Å². The van der Waals surface area contributed by atoms with Gasteiger partial charge in [-0.1, -0.05) is 13.0 Å². The summed E-state index contributed by atoms with van der Waals surface area (Å²) >= 11 is 0. The summed E-state index contributed by atoms with van der Waals surface area (Å²) in [6.07, 6.45) is 4.14. The average Bonchev–Trinajstić information content (AvgIpc) is 2.89. The van der Waals surface area contributed by atoms with Crippen molar-refractivity contribution in [3.05, 3.63) is 41.5 Å². The number of hydrogen-bond donors (Lipinski definition) is 1. The Labute approximate surface area is 147 Å². The van der Waals surface area contributed by atoms with E-state index in [0.717, 1.165) is 44.3 Å². The van der Waals surface area contributed by atoms with E-state index in [4.69, 9.17) is 4.74 Å². The highest BCUT2D eigenvalue weighted by Gasteiger charge is 2.61. The fourth-order valence-corrected chi connectivity index (χ4v) is 6.29. The molecule has 0 heterocycles. The Morgan fingerprint density at radius 1 is 1.24 bits per heavy atom. The summed E-state index contributed by atoms with van der Waals surface area (Å²) in [5.41, 5.74) is 1.65. The van der Waals surface area contributed by atoms with Gasteiger partial charge in [0.1, 0.15) is 5.75 Å². The van der Waals surface area contributed by atoms with Crippen molar-refractivity contribution in [3.63, 3.8) is 0 Å². The summed E-state index contributed by atoms with van der Waals surface area (Å²) in [6, 6.07) is 6.08. The van der Waals surface area contributed by atoms with E-state index in [1.165, 1.54) is 17.2 Å². The highest BCUT2D eigenvalue weighted by molar-refractivity contribution is 5.43. The molecule has 2 fully saturated rings. The summed E-state index contributed by atoms with van der Waals surface area (Å²) in [4.78, 5) is 0. The van der Waals surface area contributed by atoms with Crippen molar-refractivity contribution in [2.24, 2.45) is 16.7 Å². The van der Waals surface area contributed by atoms with Gasteiger partial charge < -0.3 is 9.84 Å².